The number of rotatable bonds is 4. The van der Waals surface area contributed by atoms with Crippen LogP contribution in [-0.2, 0) is 0 Å². The minimum atomic E-state index is 0.193. The van der Waals surface area contributed by atoms with Crippen molar-refractivity contribution < 1.29 is 13.4 Å². The van der Waals surface area contributed by atoms with Crippen molar-refractivity contribution >= 4 is 43.9 Å². The van der Waals surface area contributed by atoms with E-state index in [0.29, 0.717) is 0 Å². The molecular weight excluding hydrogens is 494 g/mol. The van der Waals surface area contributed by atoms with E-state index in [9.17, 15) is 0 Å². The topological polar surface area (TPSA) is 48.0 Å². The predicted molar refractivity (Wildman–Crippen MR) is 162 cm³/mol. The van der Waals surface area contributed by atoms with Crippen LogP contribution < -0.4 is 4.57 Å². The lowest BCUT2D eigenvalue weighted by Gasteiger charge is -2.16. The van der Waals surface area contributed by atoms with Crippen molar-refractivity contribution in [3.8, 4) is 17.1 Å². The van der Waals surface area contributed by atoms with Gasteiger partial charge < -0.3 is 8.83 Å². The predicted octanol–water partition coefficient (Wildman–Crippen LogP) is 9.26. The van der Waals surface area contributed by atoms with Gasteiger partial charge in [-0.1, -0.05) is 67.1 Å². The zero-order valence-corrected chi connectivity index (χ0v) is 24.2. The van der Waals surface area contributed by atoms with E-state index in [-0.39, 0.29) is 12.0 Å². The first-order chi connectivity index (χ1) is 19.3. The molecule has 0 bridgehead atoms. The van der Waals surface area contributed by atoms with Crippen LogP contribution in [0.2, 0.25) is 0 Å². The van der Waals surface area contributed by atoms with Crippen LogP contribution in [0.1, 0.15) is 62.2 Å². The molecule has 0 saturated heterocycles. The van der Waals surface area contributed by atoms with Crippen LogP contribution in [0.25, 0.3) is 61.0 Å². The second-order valence-electron chi connectivity index (χ2n) is 11.5. The molecule has 7 rings (SSSR count). The molecule has 4 aromatic carbocycles. The lowest BCUT2D eigenvalue weighted by molar-refractivity contribution is -0.711. The van der Waals surface area contributed by atoms with Crippen LogP contribution in [0.15, 0.2) is 75.6 Å². The Morgan fingerprint density at radius 3 is 2.00 bits per heavy atom. The molecule has 0 aliphatic carbocycles. The Balaban J connectivity index is 1.64. The highest BCUT2D eigenvalue weighted by molar-refractivity contribution is 6.10. The van der Waals surface area contributed by atoms with Gasteiger partial charge in [-0.3, -0.25) is 0 Å². The molecule has 5 heteroatoms. The maximum absolute atomic E-state index is 6.66. The van der Waals surface area contributed by atoms with Gasteiger partial charge in [-0.05, 0) is 62.9 Å². The highest BCUT2D eigenvalue weighted by Gasteiger charge is 2.35. The van der Waals surface area contributed by atoms with E-state index >= 15 is 0 Å². The number of benzene rings is 4. The molecule has 200 valence electrons. The lowest BCUT2D eigenvalue weighted by Crippen LogP contribution is -2.40. The van der Waals surface area contributed by atoms with Crippen LogP contribution in [-0.4, -0.2) is 9.78 Å². The Bertz CT molecular complexity index is 2100. The van der Waals surface area contributed by atoms with E-state index in [4.69, 9.17) is 13.9 Å². The third-order valence-corrected chi connectivity index (χ3v) is 8.24. The molecule has 0 saturated carbocycles. The van der Waals surface area contributed by atoms with Gasteiger partial charge in [0.15, 0.2) is 5.69 Å². The number of aryl methyl sites for hydroxylation is 3. The second kappa shape index (κ2) is 8.82. The standard InChI is InChI=1S/C35H34N3O2/c1-19(2)24-16-17-27-25-12-8-10-14-29(25)40-34(27)31(24)35-37(20(3)4)23(7)36-38(35)32-21(5)18-28-26-13-9-11-15-30(26)39-33(28)22(32)6/h8-20H,1-7H3/q+1. The summed E-state index contributed by atoms with van der Waals surface area (Å²) < 4.78 is 17.6. The first kappa shape index (κ1) is 24.6. The fourth-order valence-electron chi connectivity index (χ4n) is 6.51. The normalized spacial score (nSPS) is 12.3. The average molecular weight is 529 g/mol. The lowest BCUT2D eigenvalue weighted by atomic mass is 9.93. The van der Waals surface area contributed by atoms with Crippen LogP contribution in [0.3, 0.4) is 0 Å². The van der Waals surface area contributed by atoms with Crippen LogP contribution >= 0.6 is 0 Å². The number of para-hydroxylation sites is 2. The minimum Gasteiger partial charge on any atom is -0.456 e. The molecule has 0 atom stereocenters. The number of hydrogen-bond acceptors (Lipinski definition) is 3. The van der Waals surface area contributed by atoms with Gasteiger partial charge in [0.2, 0.25) is 0 Å². The van der Waals surface area contributed by atoms with E-state index < -0.39 is 0 Å². The minimum absolute atomic E-state index is 0.193. The summed E-state index contributed by atoms with van der Waals surface area (Å²) in [5.41, 5.74) is 9.23. The zero-order valence-electron chi connectivity index (χ0n) is 24.2. The number of fused-ring (bicyclic) bond motifs is 6. The molecule has 0 aliphatic rings. The van der Waals surface area contributed by atoms with Crippen molar-refractivity contribution in [2.24, 2.45) is 0 Å². The fraction of sp³-hybridized carbons (Fsp3) is 0.257. The number of nitrogens with zero attached hydrogens (tertiary/aromatic N) is 3. The highest BCUT2D eigenvalue weighted by Crippen LogP contribution is 2.42. The molecule has 0 N–H and O–H groups in total. The van der Waals surface area contributed by atoms with Crippen LogP contribution in [0.4, 0.5) is 0 Å². The van der Waals surface area contributed by atoms with Gasteiger partial charge in [0.05, 0.1) is 11.6 Å². The van der Waals surface area contributed by atoms with Gasteiger partial charge in [-0.25, -0.2) is 4.57 Å². The summed E-state index contributed by atoms with van der Waals surface area (Å²) in [7, 11) is 0. The van der Waals surface area contributed by atoms with Gasteiger partial charge in [-0.2, -0.15) is 0 Å². The first-order valence-electron chi connectivity index (χ1n) is 14.1. The van der Waals surface area contributed by atoms with Crippen LogP contribution in [0, 0.1) is 20.8 Å². The van der Waals surface area contributed by atoms with Crippen molar-refractivity contribution in [2.45, 2.75) is 60.4 Å². The summed E-state index contributed by atoms with van der Waals surface area (Å²) in [6, 6.07) is 23.5. The number of aromatic nitrogens is 3. The molecule has 0 aliphatic heterocycles. The molecule has 0 radical (unpaired) electrons. The Hall–Kier alpha value is -4.38. The third kappa shape index (κ3) is 3.40. The SMILES string of the molecule is Cc1cc2c(oc3ccccc32)c(C)c1-n1nc(C)[n+](C(C)C)c1-c1c(C(C)C)ccc2c1oc1ccccc12. The van der Waals surface area contributed by atoms with E-state index in [1.165, 1.54) is 5.56 Å². The smallest absolute Gasteiger partial charge is 0.278 e. The molecule has 0 fully saturated rings. The quantitative estimate of drug-likeness (QED) is 0.214. The van der Waals surface area contributed by atoms with Crippen molar-refractivity contribution in [3.63, 3.8) is 0 Å². The van der Waals surface area contributed by atoms with Crippen molar-refractivity contribution in [1.29, 1.82) is 0 Å². The molecule has 7 aromatic rings. The Kier molecular flexibility index (Phi) is 5.43. The molecule has 3 aromatic heterocycles. The van der Waals surface area contributed by atoms with Gasteiger partial charge in [0, 0.05) is 39.1 Å². The summed E-state index contributed by atoms with van der Waals surface area (Å²) in [5.74, 6) is 2.27. The largest absolute Gasteiger partial charge is 0.456 e. The molecule has 0 amide bonds. The maximum Gasteiger partial charge on any atom is 0.278 e. The van der Waals surface area contributed by atoms with Gasteiger partial charge in [0.1, 0.15) is 22.3 Å². The van der Waals surface area contributed by atoms with Gasteiger partial charge >= 0.3 is 0 Å². The Morgan fingerprint density at radius 1 is 0.725 bits per heavy atom. The van der Waals surface area contributed by atoms with Crippen molar-refractivity contribution in [1.82, 2.24) is 9.78 Å². The molecule has 0 spiro atoms. The Labute approximate surface area is 233 Å². The molecule has 3 heterocycles. The summed E-state index contributed by atoms with van der Waals surface area (Å²) in [6.07, 6.45) is 0. The van der Waals surface area contributed by atoms with E-state index in [1.807, 2.05) is 18.2 Å². The van der Waals surface area contributed by atoms with Gasteiger partial charge in [-0.15, -0.1) is 0 Å². The zero-order chi connectivity index (χ0) is 27.9. The first-order valence-corrected chi connectivity index (χ1v) is 14.1. The molecule has 0 unspecified atom stereocenters. The van der Waals surface area contributed by atoms with Crippen molar-refractivity contribution in [3.05, 3.63) is 89.2 Å². The van der Waals surface area contributed by atoms with E-state index in [0.717, 1.165) is 77.9 Å². The highest BCUT2D eigenvalue weighted by atomic mass is 16.3. The number of furan rings is 2. The number of hydrogen-bond donors (Lipinski definition) is 0. The summed E-state index contributed by atoms with van der Waals surface area (Å²) in [4.78, 5) is 0. The fourth-order valence-corrected chi connectivity index (χ4v) is 6.51. The van der Waals surface area contributed by atoms with E-state index in [1.54, 1.807) is 0 Å². The summed E-state index contributed by atoms with van der Waals surface area (Å²) in [5, 5.41) is 9.74. The van der Waals surface area contributed by atoms with Gasteiger partial charge in [0.25, 0.3) is 11.6 Å². The maximum atomic E-state index is 6.66. The molecule has 40 heavy (non-hydrogen) atoms. The third-order valence-electron chi connectivity index (χ3n) is 8.24. The average Bonchev–Trinajstić information content (AvgIpc) is 3.59. The van der Waals surface area contributed by atoms with E-state index in [2.05, 4.69) is 106 Å². The second-order valence-corrected chi connectivity index (χ2v) is 11.5. The summed E-state index contributed by atoms with van der Waals surface area (Å²) >= 11 is 0. The van der Waals surface area contributed by atoms with Crippen molar-refractivity contribution in [2.75, 3.05) is 0 Å². The molecule has 5 nitrogen and oxygen atoms in total. The Morgan fingerprint density at radius 2 is 1.35 bits per heavy atom. The summed E-state index contributed by atoms with van der Waals surface area (Å²) in [6.45, 7) is 15.4. The van der Waals surface area contributed by atoms with Crippen LogP contribution in [0.5, 0.6) is 0 Å². The molecular formula is C35H34N3O2+. The monoisotopic (exact) mass is 528 g/mol.